The van der Waals surface area contributed by atoms with E-state index in [2.05, 4.69) is 13.8 Å². The van der Waals surface area contributed by atoms with Gasteiger partial charge in [0.25, 0.3) is 0 Å². The highest BCUT2D eigenvalue weighted by molar-refractivity contribution is 7.98. The lowest BCUT2D eigenvalue weighted by atomic mass is 10.0. The van der Waals surface area contributed by atoms with E-state index in [-0.39, 0.29) is 28.7 Å². The number of Topliss-reactive ketones (excluding diaryl/α,β-unsaturated/α-hetero) is 1. The number of carbonyl (C=O) groups is 1. The molecule has 0 amide bonds. The van der Waals surface area contributed by atoms with Gasteiger partial charge in [0.15, 0.2) is 11.2 Å². The molecule has 2 heterocycles. The predicted molar refractivity (Wildman–Crippen MR) is 114 cm³/mol. The highest BCUT2D eigenvalue weighted by Crippen LogP contribution is 2.42. The van der Waals surface area contributed by atoms with Crippen molar-refractivity contribution >= 4 is 29.1 Å². The van der Waals surface area contributed by atoms with Gasteiger partial charge in [0.2, 0.25) is 0 Å². The molecule has 1 aliphatic rings. The van der Waals surface area contributed by atoms with Crippen LogP contribution in [0.3, 0.4) is 0 Å². The third-order valence-corrected chi connectivity index (χ3v) is 5.72. The number of ketones is 1. The van der Waals surface area contributed by atoms with Crippen molar-refractivity contribution in [3.63, 3.8) is 0 Å². The van der Waals surface area contributed by atoms with Crippen molar-refractivity contribution in [3.05, 3.63) is 45.2 Å². The second-order valence-electron chi connectivity index (χ2n) is 7.14. The van der Waals surface area contributed by atoms with Crippen LogP contribution in [0.4, 0.5) is 0 Å². The molecule has 0 fully saturated rings. The van der Waals surface area contributed by atoms with Crippen LogP contribution in [-0.4, -0.2) is 35.6 Å². The van der Waals surface area contributed by atoms with E-state index >= 15 is 0 Å². The van der Waals surface area contributed by atoms with Crippen LogP contribution in [0, 0.1) is 5.92 Å². The summed E-state index contributed by atoms with van der Waals surface area (Å²) in [7, 11) is 0. The van der Waals surface area contributed by atoms with Crippen molar-refractivity contribution in [2.45, 2.75) is 26.8 Å². The third-order valence-electron chi connectivity index (χ3n) is 4.85. The molecule has 0 N–H and O–H groups in total. The molecular formula is C21H24ClNO4S. The highest BCUT2D eigenvalue weighted by atomic mass is 35.5. The van der Waals surface area contributed by atoms with Crippen molar-refractivity contribution < 1.29 is 14.3 Å². The number of carbonyl (C=O) groups excluding carboxylic acids is 1. The fourth-order valence-electron chi connectivity index (χ4n) is 3.27. The minimum atomic E-state index is -0.300. The number of ether oxygens (including phenoxy) is 2. The zero-order valence-electron chi connectivity index (χ0n) is 16.5. The Morgan fingerprint density at radius 2 is 2.14 bits per heavy atom. The first-order valence-corrected chi connectivity index (χ1v) is 11.0. The van der Waals surface area contributed by atoms with E-state index in [1.165, 1.54) is 13.0 Å². The van der Waals surface area contributed by atoms with Crippen LogP contribution >= 0.6 is 23.4 Å². The van der Waals surface area contributed by atoms with Crippen molar-refractivity contribution in [1.82, 2.24) is 4.57 Å². The maximum atomic E-state index is 12.5. The number of thioether (sulfide) groups is 1. The van der Waals surface area contributed by atoms with E-state index in [0.29, 0.717) is 35.4 Å². The lowest BCUT2D eigenvalue weighted by Gasteiger charge is -2.24. The van der Waals surface area contributed by atoms with Crippen molar-refractivity contribution in [2.24, 2.45) is 5.92 Å². The Hall–Kier alpha value is -1.92. The second kappa shape index (κ2) is 8.62. The standard InChI is InChI=1S/C21H24ClNO4S/c1-12(2)18-11-27-20-9-21(26-5-6-28-4)16(22)7-14(20)17-8-19(25)15(13(3)24)10-23(17)18/h7-10,12,18H,5-6,11H2,1-4H3/t18-/m0/s1. The number of rotatable bonds is 6. The number of halogens is 1. The maximum absolute atomic E-state index is 12.5. The van der Waals surface area contributed by atoms with Gasteiger partial charge < -0.3 is 14.0 Å². The Labute approximate surface area is 174 Å². The van der Waals surface area contributed by atoms with E-state index < -0.39 is 0 Å². The molecular weight excluding hydrogens is 398 g/mol. The molecule has 0 bridgehead atoms. The average molecular weight is 422 g/mol. The molecule has 5 nitrogen and oxygen atoms in total. The molecule has 0 aliphatic carbocycles. The molecule has 1 aromatic heterocycles. The van der Waals surface area contributed by atoms with Crippen molar-refractivity contribution in [3.8, 4) is 22.8 Å². The molecule has 0 unspecified atom stereocenters. The van der Waals surface area contributed by atoms with E-state index in [0.717, 1.165) is 11.3 Å². The van der Waals surface area contributed by atoms with E-state index in [1.807, 2.05) is 10.8 Å². The monoisotopic (exact) mass is 421 g/mol. The number of aromatic nitrogens is 1. The topological polar surface area (TPSA) is 57.5 Å². The zero-order valence-corrected chi connectivity index (χ0v) is 18.0. The van der Waals surface area contributed by atoms with E-state index in [9.17, 15) is 9.59 Å². The fourth-order valence-corrected chi connectivity index (χ4v) is 3.74. The Bertz CT molecular complexity index is 954. The summed E-state index contributed by atoms with van der Waals surface area (Å²) in [5, 5.41) is 0.459. The molecule has 1 atom stereocenters. The minimum Gasteiger partial charge on any atom is -0.491 e. The normalized spacial score (nSPS) is 15.4. The smallest absolute Gasteiger partial charge is 0.192 e. The van der Waals surface area contributed by atoms with Crippen LogP contribution < -0.4 is 14.9 Å². The largest absolute Gasteiger partial charge is 0.491 e. The quantitative estimate of drug-likeness (QED) is 0.499. The van der Waals surface area contributed by atoms with Gasteiger partial charge in [-0.1, -0.05) is 25.4 Å². The lowest BCUT2D eigenvalue weighted by molar-refractivity contribution is 0.101. The number of benzene rings is 1. The number of hydrogen-bond donors (Lipinski definition) is 0. The summed E-state index contributed by atoms with van der Waals surface area (Å²) in [5.41, 5.74) is 1.29. The molecule has 1 aromatic carbocycles. The Balaban J connectivity index is 2.16. The van der Waals surface area contributed by atoms with Gasteiger partial charge in [0.1, 0.15) is 18.1 Å². The SMILES string of the molecule is CSCCOc1cc2c(cc1Cl)-c1cc(=O)c(C(C)=O)cn1[C@H](C(C)C)CO2. The summed E-state index contributed by atoms with van der Waals surface area (Å²) in [6, 6.07) is 5.03. The first-order chi connectivity index (χ1) is 13.3. The van der Waals surface area contributed by atoms with Gasteiger partial charge in [0, 0.05) is 29.6 Å². The summed E-state index contributed by atoms with van der Waals surface area (Å²) < 4.78 is 13.8. The molecule has 0 radical (unpaired) electrons. The van der Waals surface area contributed by atoms with Crippen molar-refractivity contribution in [2.75, 3.05) is 25.2 Å². The zero-order chi connectivity index (χ0) is 20.4. The highest BCUT2D eigenvalue weighted by Gasteiger charge is 2.27. The Kier molecular flexibility index (Phi) is 6.40. The van der Waals surface area contributed by atoms with Gasteiger partial charge in [-0.25, -0.2) is 0 Å². The predicted octanol–water partition coefficient (Wildman–Crippen LogP) is 4.70. The number of pyridine rings is 1. The third kappa shape index (κ3) is 4.08. The average Bonchev–Trinajstić information content (AvgIpc) is 2.78. The van der Waals surface area contributed by atoms with Gasteiger partial charge in [-0.2, -0.15) is 11.8 Å². The number of nitrogens with zero attached hydrogens (tertiary/aromatic N) is 1. The molecule has 2 aromatic rings. The Morgan fingerprint density at radius 1 is 1.39 bits per heavy atom. The van der Waals surface area contributed by atoms with Crippen LogP contribution in [0.2, 0.25) is 5.02 Å². The summed E-state index contributed by atoms with van der Waals surface area (Å²) in [6.45, 7) is 6.55. The molecule has 0 spiro atoms. The van der Waals surface area contributed by atoms with Crippen LogP contribution in [0.15, 0.2) is 29.2 Å². The molecule has 0 saturated heterocycles. The van der Waals surface area contributed by atoms with Crippen LogP contribution in [0.5, 0.6) is 11.5 Å². The van der Waals surface area contributed by atoms with Gasteiger partial charge in [0.05, 0.1) is 28.9 Å². The summed E-state index contributed by atoms with van der Waals surface area (Å²) in [6.07, 6.45) is 3.67. The van der Waals surface area contributed by atoms with Gasteiger partial charge in [-0.15, -0.1) is 0 Å². The fraction of sp³-hybridized carbons (Fsp3) is 0.429. The lowest BCUT2D eigenvalue weighted by Crippen LogP contribution is -2.25. The number of hydrogen-bond acceptors (Lipinski definition) is 5. The molecule has 150 valence electrons. The second-order valence-corrected chi connectivity index (χ2v) is 8.54. The molecule has 7 heteroatoms. The Morgan fingerprint density at radius 3 is 2.79 bits per heavy atom. The first kappa shape index (κ1) is 20.8. The summed E-state index contributed by atoms with van der Waals surface area (Å²) in [4.78, 5) is 24.4. The summed E-state index contributed by atoms with van der Waals surface area (Å²) in [5.74, 6) is 2.03. The van der Waals surface area contributed by atoms with E-state index in [1.54, 1.807) is 30.1 Å². The molecule has 0 saturated carbocycles. The van der Waals surface area contributed by atoms with Gasteiger partial charge >= 0.3 is 0 Å². The van der Waals surface area contributed by atoms with Crippen molar-refractivity contribution in [1.29, 1.82) is 0 Å². The first-order valence-electron chi connectivity index (χ1n) is 9.19. The number of fused-ring (bicyclic) bond motifs is 3. The summed E-state index contributed by atoms with van der Waals surface area (Å²) >= 11 is 8.14. The molecule has 1 aliphatic heterocycles. The van der Waals surface area contributed by atoms with Crippen LogP contribution in [-0.2, 0) is 0 Å². The van der Waals surface area contributed by atoms with Crippen LogP contribution in [0.25, 0.3) is 11.3 Å². The molecule has 28 heavy (non-hydrogen) atoms. The van der Waals surface area contributed by atoms with Crippen LogP contribution in [0.1, 0.15) is 37.2 Å². The van der Waals surface area contributed by atoms with Gasteiger partial charge in [-0.3, -0.25) is 9.59 Å². The maximum Gasteiger partial charge on any atom is 0.192 e. The van der Waals surface area contributed by atoms with E-state index in [4.69, 9.17) is 21.1 Å². The van der Waals surface area contributed by atoms with Gasteiger partial charge in [-0.05, 0) is 25.2 Å². The minimum absolute atomic E-state index is 0.0271. The molecule has 3 rings (SSSR count).